The van der Waals surface area contributed by atoms with Crippen molar-refractivity contribution in [2.75, 3.05) is 13.2 Å². The van der Waals surface area contributed by atoms with E-state index < -0.39 is 0 Å². The Bertz CT molecular complexity index is 829. The molecule has 0 heterocycles. The Hall–Kier alpha value is -3.07. The van der Waals surface area contributed by atoms with Crippen LogP contribution in [0.1, 0.15) is 29.6 Å². The molecule has 0 atom stereocenters. The number of esters is 1. The van der Waals surface area contributed by atoms with Crippen molar-refractivity contribution in [2.24, 2.45) is 0 Å². The normalized spacial score (nSPS) is 10.4. The summed E-state index contributed by atoms with van der Waals surface area (Å²) in [6.45, 7) is 1.09. The third-order valence-corrected chi connectivity index (χ3v) is 4.26. The first-order valence-corrected chi connectivity index (χ1v) is 9.34. The van der Waals surface area contributed by atoms with Gasteiger partial charge in [0.15, 0.2) is 0 Å². The van der Waals surface area contributed by atoms with Crippen LogP contribution in [0.4, 0.5) is 0 Å². The van der Waals surface area contributed by atoms with Gasteiger partial charge in [0.25, 0.3) is 0 Å². The Balaban J connectivity index is 1.37. The van der Waals surface area contributed by atoms with Crippen molar-refractivity contribution in [1.82, 2.24) is 0 Å². The molecule has 0 unspecified atom stereocenters. The van der Waals surface area contributed by atoms with Crippen LogP contribution in [-0.4, -0.2) is 19.2 Å². The van der Waals surface area contributed by atoms with E-state index in [9.17, 15) is 4.79 Å². The van der Waals surface area contributed by atoms with E-state index in [1.165, 1.54) is 0 Å². The number of hydrogen-bond acceptors (Lipinski definition) is 3. The fraction of sp³-hybridized carbons (Fsp3) is 0.208. The van der Waals surface area contributed by atoms with Gasteiger partial charge in [-0.1, -0.05) is 66.7 Å². The number of ether oxygens (including phenoxy) is 2. The zero-order valence-corrected chi connectivity index (χ0v) is 15.3. The van der Waals surface area contributed by atoms with Gasteiger partial charge in [0.2, 0.25) is 0 Å². The predicted molar refractivity (Wildman–Crippen MR) is 108 cm³/mol. The Kier molecular flexibility index (Phi) is 7.05. The van der Waals surface area contributed by atoms with Crippen molar-refractivity contribution in [1.29, 1.82) is 0 Å². The van der Waals surface area contributed by atoms with Crippen molar-refractivity contribution in [3.63, 3.8) is 0 Å². The van der Waals surface area contributed by atoms with Crippen LogP contribution in [0.25, 0.3) is 11.1 Å². The number of carbonyl (C=O) groups excluding carboxylic acids is 1. The van der Waals surface area contributed by atoms with Gasteiger partial charge in [0, 0.05) is 5.56 Å². The molecule has 0 saturated heterocycles. The Morgan fingerprint density at radius 2 is 1.30 bits per heavy atom. The van der Waals surface area contributed by atoms with Crippen LogP contribution in [0.5, 0.6) is 5.75 Å². The molecule has 0 aliphatic heterocycles. The van der Waals surface area contributed by atoms with E-state index >= 15 is 0 Å². The lowest BCUT2D eigenvalue weighted by Gasteiger charge is -2.11. The van der Waals surface area contributed by atoms with E-state index in [0.717, 1.165) is 36.1 Å². The summed E-state index contributed by atoms with van der Waals surface area (Å²) in [7, 11) is 0. The molecule has 0 aromatic heterocycles. The van der Waals surface area contributed by atoms with Gasteiger partial charge in [0.1, 0.15) is 5.75 Å². The molecular weight excluding hydrogens is 336 g/mol. The van der Waals surface area contributed by atoms with Crippen molar-refractivity contribution in [3.05, 3.63) is 90.5 Å². The standard InChI is InChI=1S/C24H24O3/c25-24(21-14-6-2-7-15-21)27-19-11-3-10-18-26-23-17-9-8-16-22(23)20-12-4-1-5-13-20/h1-2,4-9,12-17H,3,10-11,18-19H2. The zero-order chi connectivity index (χ0) is 18.7. The fourth-order valence-corrected chi connectivity index (χ4v) is 2.83. The van der Waals surface area contributed by atoms with Gasteiger partial charge in [-0.05, 0) is 43.0 Å². The minimum atomic E-state index is -0.261. The maximum absolute atomic E-state index is 11.8. The molecular formula is C24H24O3. The lowest BCUT2D eigenvalue weighted by Crippen LogP contribution is -2.06. The zero-order valence-electron chi connectivity index (χ0n) is 15.3. The lowest BCUT2D eigenvalue weighted by atomic mass is 10.1. The monoisotopic (exact) mass is 360 g/mol. The smallest absolute Gasteiger partial charge is 0.338 e. The Morgan fingerprint density at radius 3 is 2.07 bits per heavy atom. The highest BCUT2D eigenvalue weighted by Crippen LogP contribution is 2.29. The topological polar surface area (TPSA) is 35.5 Å². The molecule has 0 radical (unpaired) electrons. The van der Waals surface area contributed by atoms with Crippen molar-refractivity contribution in [3.8, 4) is 16.9 Å². The first-order chi connectivity index (χ1) is 13.3. The predicted octanol–water partition coefficient (Wildman–Crippen LogP) is 5.76. The molecule has 3 aromatic carbocycles. The molecule has 0 aliphatic rings. The van der Waals surface area contributed by atoms with Crippen LogP contribution < -0.4 is 4.74 Å². The molecule has 3 nitrogen and oxygen atoms in total. The molecule has 27 heavy (non-hydrogen) atoms. The van der Waals surface area contributed by atoms with E-state index in [4.69, 9.17) is 9.47 Å². The lowest BCUT2D eigenvalue weighted by molar-refractivity contribution is 0.0497. The maximum Gasteiger partial charge on any atom is 0.338 e. The highest BCUT2D eigenvalue weighted by atomic mass is 16.5. The number of para-hydroxylation sites is 1. The summed E-state index contributed by atoms with van der Waals surface area (Å²) in [6, 6.07) is 27.4. The number of unbranched alkanes of at least 4 members (excludes halogenated alkanes) is 2. The molecule has 3 rings (SSSR count). The Labute approximate surface area is 160 Å². The summed E-state index contributed by atoms with van der Waals surface area (Å²) in [4.78, 5) is 11.8. The van der Waals surface area contributed by atoms with E-state index in [-0.39, 0.29) is 5.97 Å². The molecule has 0 N–H and O–H groups in total. The molecule has 0 amide bonds. The summed E-state index contributed by atoms with van der Waals surface area (Å²) in [5, 5.41) is 0. The highest BCUT2D eigenvalue weighted by molar-refractivity contribution is 5.89. The average molecular weight is 360 g/mol. The van der Waals surface area contributed by atoms with Crippen molar-refractivity contribution in [2.45, 2.75) is 19.3 Å². The molecule has 0 fully saturated rings. The van der Waals surface area contributed by atoms with Crippen molar-refractivity contribution >= 4 is 5.97 Å². The molecule has 0 spiro atoms. The third kappa shape index (κ3) is 5.71. The molecule has 0 saturated carbocycles. The summed E-state index contributed by atoms with van der Waals surface area (Å²) < 4.78 is 11.3. The largest absolute Gasteiger partial charge is 0.493 e. The quantitative estimate of drug-likeness (QED) is 0.359. The number of benzene rings is 3. The number of hydrogen-bond donors (Lipinski definition) is 0. The van der Waals surface area contributed by atoms with Gasteiger partial charge in [-0.15, -0.1) is 0 Å². The van der Waals surface area contributed by atoms with E-state index in [1.807, 2.05) is 54.6 Å². The third-order valence-electron chi connectivity index (χ3n) is 4.26. The van der Waals surface area contributed by atoms with E-state index in [2.05, 4.69) is 18.2 Å². The average Bonchev–Trinajstić information content (AvgIpc) is 2.74. The van der Waals surface area contributed by atoms with Crippen LogP contribution in [0.2, 0.25) is 0 Å². The first-order valence-electron chi connectivity index (χ1n) is 9.34. The minimum Gasteiger partial charge on any atom is -0.493 e. The first kappa shape index (κ1) is 18.7. The number of rotatable bonds is 9. The minimum absolute atomic E-state index is 0.261. The SMILES string of the molecule is O=C(OCCCCCOc1ccccc1-c1ccccc1)c1ccccc1. The molecule has 0 aliphatic carbocycles. The second-order valence-corrected chi connectivity index (χ2v) is 6.27. The molecule has 138 valence electrons. The Morgan fingerprint density at radius 1 is 0.667 bits per heavy atom. The van der Waals surface area contributed by atoms with Crippen LogP contribution in [0, 0.1) is 0 Å². The molecule has 3 heteroatoms. The maximum atomic E-state index is 11.8. The van der Waals surface area contributed by atoms with E-state index in [1.54, 1.807) is 12.1 Å². The van der Waals surface area contributed by atoms with Crippen LogP contribution in [0.15, 0.2) is 84.9 Å². The highest BCUT2D eigenvalue weighted by Gasteiger charge is 2.06. The summed E-state index contributed by atoms with van der Waals surface area (Å²) >= 11 is 0. The second kappa shape index (κ2) is 10.2. The molecule has 0 bridgehead atoms. The summed E-state index contributed by atoms with van der Waals surface area (Å²) in [5.41, 5.74) is 2.86. The van der Waals surface area contributed by atoms with Gasteiger partial charge >= 0.3 is 5.97 Å². The van der Waals surface area contributed by atoms with Crippen LogP contribution in [-0.2, 0) is 4.74 Å². The summed E-state index contributed by atoms with van der Waals surface area (Å²) in [6.07, 6.45) is 2.71. The number of carbonyl (C=O) groups is 1. The fourth-order valence-electron chi connectivity index (χ4n) is 2.83. The van der Waals surface area contributed by atoms with E-state index in [0.29, 0.717) is 18.8 Å². The van der Waals surface area contributed by atoms with Crippen LogP contribution in [0.3, 0.4) is 0 Å². The van der Waals surface area contributed by atoms with Gasteiger partial charge in [-0.25, -0.2) is 4.79 Å². The van der Waals surface area contributed by atoms with Gasteiger partial charge in [-0.2, -0.15) is 0 Å². The molecule has 3 aromatic rings. The summed E-state index contributed by atoms with van der Waals surface area (Å²) in [5.74, 6) is 0.642. The van der Waals surface area contributed by atoms with Crippen LogP contribution >= 0.6 is 0 Å². The van der Waals surface area contributed by atoms with Crippen molar-refractivity contribution < 1.29 is 14.3 Å². The van der Waals surface area contributed by atoms with Gasteiger partial charge in [-0.3, -0.25) is 0 Å². The second-order valence-electron chi connectivity index (χ2n) is 6.27. The van der Waals surface area contributed by atoms with Gasteiger partial charge < -0.3 is 9.47 Å². The van der Waals surface area contributed by atoms with Gasteiger partial charge in [0.05, 0.1) is 18.8 Å².